The van der Waals surface area contributed by atoms with Gasteiger partial charge in [0, 0.05) is 18.7 Å². The van der Waals surface area contributed by atoms with Gasteiger partial charge in [-0.3, -0.25) is 0 Å². The maximum atomic E-state index is 14.9. The Morgan fingerprint density at radius 1 is 0.432 bits per heavy atom. The van der Waals surface area contributed by atoms with Crippen molar-refractivity contribution in [2.24, 2.45) is 0 Å². The van der Waals surface area contributed by atoms with Crippen LogP contribution in [0.3, 0.4) is 0 Å². The number of fused-ring (bicyclic) bond motifs is 1. The number of alkyl carbamates (subject to hydrolysis) is 5. The highest BCUT2D eigenvalue weighted by molar-refractivity contribution is 6.74. The van der Waals surface area contributed by atoms with Crippen molar-refractivity contribution in [2.75, 3.05) is 46.0 Å². The number of aliphatic hydroxyl groups is 4. The van der Waals surface area contributed by atoms with Gasteiger partial charge in [0.1, 0.15) is 118 Å². The third kappa shape index (κ3) is 29.7. The zero-order chi connectivity index (χ0) is 88.5. The fourth-order valence-corrected chi connectivity index (χ4v) is 16.6. The molecule has 4 saturated heterocycles. The predicted molar refractivity (Wildman–Crippen MR) is 464 cm³/mol. The second-order valence-corrected chi connectivity index (χ2v) is 38.9. The molecule has 5 fully saturated rings. The van der Waals surface area contributed by atoms with E-state index in [1.54, 1.807) is 133 Å². The number of aliphatic hydroxyl groups excluding tert-OH is 4. The lowest BCUT2D eigenvalue weighted by molar-refractivity contribution is -0.358. The Balaban J connectivity index is 1.02. The van der Waals surface area contributed by atoms with E-state index in [9.17, 15) is 44.4 Å². The first-order valence-electron chi connectivity index (χ1n) is 44.3. The Morgan fingerprint density at radius 3 is 1.34 bits per heavy atom. The molecule has 0 spiro atoms. The van der Waals surface area contributed by atoms with Gasteiger partial charge in [-0.25, -0.2) is 24.0 Å². The van der Waals surface area contributed by atoms with Gasteiger partial charge in [0.05, 0.1) is 31.9 Å². The third-order valence-corrected chi connectivity index (χ3v) is 28.2. The van der Waals surface area contributed by atoms with Gasteiger partial charge in [-0.2, -0.15) is 0 Å². The van der Waals surface area contributed by atoms with Crippen LogP contribution in [0.5, 0.6) is 0 Å². The topological polar surface area (TPSA) is 368 Å². The SMILES string of the molecule is CCCCCCCCN(CCCCCCCC)CCO[C@H]1[C@H](O[C@@H]2[C@@H](O)[C@H](NC(=O)OCc3ccccc3)C[C@H](NC(=O)OCc3ccccc3)[C@H]2O[C@H]2O[C@@H]3COC(c4ccccc4)O[C@H]3[C@H](O)[C@H]2NC(=O)OCc2ccccc2)O[C@H](CO[Si](C)(C)C(C)(C)C)[C@H]1O[C@H]1O[C@@H](CNC(=O)OCc2ccccc2)[C@@H](O)[C@H](O)[C@H]1NC(=O)OCc1ccccc1. The van der Waals surface area contributed by atoms with E-state index in [0.717, 1.165) is 90.1 Å². The van der Waals surface area contributed by atoms with Gasteiger partial charge >= 0.3 is 30.5 Å². The van der Waals surface area contributed by atoms with Crippen LogP contribution < -0.4 is 26.6 Å². The van der Waals surface area contributed by atoms with E-state index >= 15 is 0 Å². The summed E-state index contributed by atoms with van der Waals surface area (Å²) in [6.45, 7) is 14.8. The van der Waals surface area contributed by atoms with E-state index in [1.807, 2.05) is 48.5 Å². The van der Waals surface area contributed by atoms with Gasteiger partial charge in [0.15, 0.2) is 33.5 Å². The first kappa shape index (κ1) is 96.9. The highest BCUT2D eigenvalue weighted by Crippen LogP contribution is 2.42. The van der Waals surface area contributed by atoms with Gasteiger partial charge in [-0.05, 0) is 78.3 Å². The molecule has 0 radical (unpaired) electrons. The van der Waals surface area contributed by atoms with Gasteiger partial charge < -0.3 is 123 Å². The first-order chi connectivity index (χ1) is 60.5. The number of rotatable bonds is 44. The molecule has 5 aliphatic rings. The van der Waals surface area contributed by atoms with E-state index in [1.165, 1.54) is 0 Å². The first-order valence-corrected chi connectivity index (χ1v) is 47.2. The molecule has 4 aliphatic heterocycles. The summed E-state index contributed by atoms with van der Waals surface area (Å²) in [5.41, 5.74) is 3.91. The molecule has 1 aliphatic carbocycles. The number of nitrogens with one attached hydrogen (secondary N) is 5. The van der Waals surface area contributed by atoms with Crippen LogP contribution >= 0.6 is 0 Å². The molecule has 6 aromatic carbocycles. The van der Waals surface area contributed by atoms with Crippen LogP contribution in [0.2, 0.25) is 18.1 Å². The standard InChI is InChI=1S/C94H130N6O24Si/c1-8-10-12-14-16-36-50-100(51-37-17-15-13-11-9-2)52-53-110-84-82(123-86-74(98-92(108)115-59-66-44-30-21-31-45-66)78(103)77(102)71(118-86)55-95-89(105)112-56-63-38-24-18-25-39-63)73(62-117-125(6,7)94(3,4)5)120-88(84)124-83-76(101)69(96-90(106)113-57-64-40-26-19-27-41-64)54-70(97-91(107)114-58-65-42-28-20-29-43-65)80(83)121-87-75(99-93(109)116-60-67-46-32-22-33-47-67)79(104)81-72(119-87)61-111-85(122-81)68-48-34-23-35-49-68/h18-35,38-49,69-88,101-104H,8-17,36-37,50-62H2,1-7H3,(H,95,105)(H,96,106)(H,97,107)(H,98,108)(H,99,109)/t69-,70+,71+,72-,73-,74-,75-,76+,77-,78-,79-,80-,81-,82-,83-,84-,85?,86-,87-,88+/m1/s1. The van der Waals surface area contributed by atoms with Crippen molar-refractivity contribution in [3.05, 3.63) is 215 Å². The lowest BCUT2D eigenvalue weighted by Crippen LogP contribution is -2.71. The monoisotopic (exact) mass is 1750 g/mol. The van der Waals surface area contributed by atoms with Gasteiger partial charge in [0.2, 0.25) is 0 Å². The molecule has 11 rings (SSSR count). The Hall–Kier alpha value is -8.71. The number of carbonyl (C=O) groups excluding carboxylic acids is 5. The molecule has 1 saturated carbocycles. The molecule has 30 nitrogen and oxygen atoms in total. The summed E-state index contributed by atoms with van der Waals surface area (Å²) < 4.78 is 99.3. The van der Waals surface area contributed by atoms with Crippen molar-refractivity contribution in [1.82, 2.24) is 31.5 Å². The summed E-state index contributed by atoms with van der Waals surface area (Å²) in [4.78, 5) is 74.1. The van der Waals surface area contributed by atoms with E-state index in [0.29, 0.717) is 39.9 Å². The van der Waals surface area contributed by atoms with E-state index in [-0.39, 0.29) is 59.3 Å². The highest BCUT2D eigenvalue weighted by atomic mass is 28.4. The average Bonchev–Trinajstić information content (AvgIpc) is 1.75. The number of nitrogens with zero attached hydrogens (tertiary/aromatic N) is 1. The second kappa shape index (κ2) is 49.6. The van der Waals surface area contributed by atoms with Crippen molar-refractivity contribution in [2.45, 2.75) is 292 Å². The number of carbonyl (C=O) groups is 5. The molecular weight excluding hydrogens is 1630 g/mol. The van der Waals surface area contributed by atoms with Gasteiger partial charge in [0.25, 0.3) is 0 Å². The molecule has 125 heavy (non-hydrogen) atoms. The minimum atomic E-state index is -2.83. The minimum Gasteiger partial charge on any atom is -0.445 e. The maximum absolute atomic E-state index is 14.9. The molecule has 684 valence electrons. The highest BCUT2D eigenvalue weighted by Gasteiger charge is 2.59. The van der Waals surface area contributed by atoms with Crippen molar-refractivity contribution in [3.63, 3.8) is 0 Å². The predicted octanol–water partition coefficient (Wildman–Crippen LogP) is 12.8. The molecule has 0 aromatic heterocycles. The lowest BCUT2D eigenvalue weighted by atomic mass is 9.83. The summed E-state index contributed by atoms with van der Waals surface area (Å²) in [6.07, 6.45) is -17.5. The quantitative estimate of drug-likeness (QED) is 0.00974. The van der Waals surface area contributed by atoms with E-state index in [2.05, 4.69) is 79.2 Å². The van der Waals surface area contributed by atoms with Crippen LogP contribution in [-0.4, -0.2) is 226 Å². The van der Waals surface area contributed by atoms with Crippen LogP contribution in [0.25, 0.3) is 0 Å². The van der Waals surface area contributed by atoms with E-state index < -0.39 is 173 Å². The molecule has 4 heterocycles. The molecule has 31 heteroatoms. The number of ether oxygens (including phenoxy) is 14. The number of hydrogen-bond donors (Lipinski definition) is 9. The van der Waals surface area contributed by atoms with Gasteiger partial charge in [-0.1, -0.05) is 281 Å². The summed E-state index contributed by atoms with van der Waals surface area (Å²) in [6, 6.07) is 47.8. The Labute approximate surface area is 735 Å². The number of hydrogen-bond acceptors (Lipinski definition) is 25. The molecule has 1 unspecified atom stereocenters. The molecule has 5 amide bonds. The molecule has 20 atom stereocenters. The zero-order valence-corrected chi connectivity index (χ0v) is 73.9. The zero-order valence-electron chi connectivity index (χ0n) is 72.9. The normalized spacial score (nSPS) is 26.8. The molecule has 9 N–H and O–H groups in total. The maximum Gasteiger partial charge on any atom is 0.407 e. The Morgan fingerprint density at radius 2 is 0.848 bits per heavy atom. The molecule has 6 aromatic rings. The van der Waals surface area contributed by atoms with Crippen molar-refractivity contribution >= 4 is 38.8 Å². The van der Waals surface area contributed by atoms with Crippen LogP contribution in [0.1, 0.15) is 158 Å². The lowest BCUT2D eigenvalue weighted by Gasteiger charge is -2.51. The second-order valence-electron chi connectivity index (χ2n) is 34.1. The third-order valence-electron chi connectivity index (χ3n) is 23.7. The summed E-state index contributed by atoms with van der Waals surface area (Å²) in [7, 11) is -2.83. The largest absolute Gasteiger partial charge is 0.445 e. The van der Waals surface area contributed by atoms with Crippen molar-refractivity contribution < 1.29 is 115 Å². The fraction of sp³-hybridized carbons (Fsp3) is 0.564. The Kier molecular flexibility index (Phi) is 38.4. The summed E-state index contributed by atoms with van der Waals surface area (Å²) in [5, 5.41) is 65.0. The van der Waals surface area contributed by atoms with Crippen molar-refractivity contribution in [3.8, 4) is 0 Å². The van der Waals surface area contributed by atoms with Crippen LogP contribution in [0.15, 0.2) is 182 Å². The van der Waals surface area contributed by atoms with Crippen LogP contribution in [0, 0.1) is 0 Å². The Bertz CT molecular complexity index is 4120. The number of unbranched alkanes of at least 4 members (excludes halogenated alkanes) is 10. The van der Waals surface area contributed by atoms with E-state index in [4.69, 9.17) is 70.7 Å². The summed E-state index contributed by atoms with van der Waals surface area (Å²) in [5.74, 6) is 0. The molecule has 0 bridgehead atoms. The fourth-order valence-electron chi connectivity index (χ4n) is 15.6. The van der Waals surface area contributed by atoms with Crippen LogP contribution in [0.4, 0.5) is 24.0 Å². The van der Waals surface area contributed by atoms with Crippen molar-refractivity contribution in [1.29, 1.82) is 0 Å². The number of amides is 5. The smallest absolute Gasteiger partial charge is 0.407 e. The average molecular weight is 1760 g/mol. The molecular formula is C94H130N6O24Si. The summed E-state index contributed by atoms with van der Waals surface area (Å²) >= 11 is 0. The number of benzene rings is 6. The van der Waals surface area contributed by atoms with Gasteiger partial charge in [-0.15, -0.1) is 0 Å². The minimum absolute atomic E-state index is 0.0193. The van der Waals surface area contributed by atoms with Crippen LogP contribution in [-0.2, 0) is 104 Å².